The molecule has 0 unspecified atom stereocenters. The van der Waals surface area contributed by atoms with Crippen molar-refractivity contribution < 1.29 is 10.2 Å². The third-order valence-electron chi connectivity index (χ3n) is 6.43. The second-order valence-corrected chi connectivity index (χ2v) is 8.71. The maximum Gasteiger partial charge on any atom is 0.142 e. The van der Waals surface area contributed by atoms with Crippen LogP contribution in [0.1, 0.15) is 13.8 Å². The summed E-state index contributed by atoms with van der Waals surface area (Å²) in [7, 11) is 1.97. The van der Waals surface area contributed by atoms with Crippen LogP contribution in [-0.2, 0) is 7.05 Å². The summed E-state index contributed by atoms with van der Waals surface area (Å²) >= 11 is 6.49. The summed E-state index contributed by atoms with van der Waals surface area (Å²) < 4.78 is 2.03. The van der Waals surface area contributed by atoms with Crippen LogP contribution < -0.4 is 4.90 Å². The van der Waals surface area contributed by atoms with E-state index in [2.05, 4.69) is 9.88 Å². The molecule has 7 heteroatoms. The number of pyridine rings is 1. The highest BCUT2D eigenvalue weighted by atomic mass is 35.5. The van der Waals surface area contributed by atoms with Gasteiger partial charge in [-0.25, -0.2) is 9.97 Å². The monoisotopic (exact) mass is 400 g/mol. The number of aliphatic hydroxyl groups excluding tert-OH is 2. The molecular formula is C21H25ClN4O2. The van der Waals surface area contributed by atoms with Crippen LogP contribution in [0.3, 0.4) is 0 Å². The Morgan fingerprint density at radius 3 is 2.36 bits per heavy atom. The molecule has 1 aliphatic heterocycles. The van der Waals surface area contributed by atoms with Crippen molar-refractivity contribution in [1.29, 1.82) is 0 Å². The number of aromatic nitrogens is 3. The van der Waals surface area contributed by atoms with Crippen LogP contribution in [0, 0.1) is 10.8 Å². The van der Waals surface area contributed by atoms with Crippen molar-refractivity contribution in [2.24, 2.45) is 17.9 Å². The number of benzene rings is 1. The Bertz CT molecular complexity index is 1020. The van der Waals surface area contributed by atoms with E-state index >= 15 is 0 Å². The van der Waals surface area contributed by atoms with E-state index in [1.807, 2.05) is 55.8 Å². The van der Waals surface area contributed by atoms with Crippen molar-refractivity contribution in [2.45, 2.75) is 13.8 Å². The first kappa shape index (κ1) is 19.2. The van der Waals surface area contributed by atoms with E-state index < -0.39 is 10.8 Å². The first-order chi connectivity index (χ1) is 13.3. The minimum Gasteiger partial charge on any atom is -0.396 e. The Hall–Kier alpha value is -2.15. The normalized spacial score (nSPS) is 25.0. The van der Waals surface area contributed by atoms with Crippen LogP contribution in [0.5, 0.6) is 0 Å². The van der Waals surface area contributed by atoms with E-state index in [0.29, 0.717) is 18.1 Å². The number of fused-ring (bicyclic) bond motifs is 1. The molecule has 2 N–H and O–H groups in total. The average Bonchev–Trinajstić information content (AvgIpc) is 3.18. The van der Waals surface area contributed by atoms with Crippen LogP contribution in [0.15, 0.2) is 36.5 Å². The van der Waals surface area contributed by atoms with Gasteiger partial charge in [-0.1, -0.05) is 37.6 Å². The largest absolute Gasteiger partial charge is 0.396 e. The molecule has 6 nitrogen and oxygen atoms in total. The van der Waals surface area contributed by atoms with Gasteiger partial charge in [0.1, 0.15) is 11.6 Å². The molecule has 2 atom stereocenters. The minimum atomic E-state index is -0.416. The number of halogens is 1. The first-order valence-corrected chi connectivity index (χ1v) is 9.74. The van der Waals surface area contributed by atoms with Crippen LogP contribution in [-0.4, -0.2) is 51.1 Å². The smallest absolute Gasteiger partial charge is 0.142 e. The number of hydrogen-bond acceptors (Lipinski definition) is 5. The van der Waals surface area contributed by atoms with Crippen molar-refractivity contribution in [1.82, 2.24) is 14.5 Å². The van der Waals surface area contributed by atoms with Gasteiger partial charge in [-0.3, -0.25) is 0 Å². The average molecular weight is 401 g/mol. The van der Waals surface area contributed by atoms with Crippen LogP contribution in [0.2, 0.25) is 5.02 Å². The van der Waals surface area contributed by atoms with Gasteiger partial charge in [0.25, 0.3) is 0 Å². The van der Waals surface area contributed by atoms with Crippen molar-refractivity contribution in [3.05, 3.63) is 41.6 Å². The summed E-state index contributed by atoms with van der Waals surface area (Å²) in [6, 6.07) is 9.91. The summed E-state index contributed by atoms with van der Waals surface area (Å²) in [5.41, 5.74) is 1.93. The van der Waals surface area contributed by atoms with E-state index in [1.165, 1.54) is 0 Å². The standard InChI is InChI=1S/C21H25ClN4O2/c1-20(12-27)10-26(11-21(20,2)13-28)18-8-14(15(22)9-23-18)19-24-16-6-4-5-7-17(16)25(19)3/h4-9,27-28H,10-13H2,1-3H3/t20-,21-/m0/s1. The molecule has 3 aromatic rings. The third-order valence-corrected chi connectivity index (χ3v) is 6.73. The number of aliphatic hydroxyl groups is 2. The quantitative estimate of drug-likeness (QED) is 0.703. The fraction of sp³-hybridized carbons (Fsp3) is 0.429. The van der Waals surface area contributed by atoms with Crippen molar-refractivity contribution in [2.75, 3.05) is 31.2 Å². The Morgan fingerprint density at radius 1 is 1.11 bits per heavy atom. The highest BCUT2D eigenvalue weighted by Gasteiger charge is 2.51. The lowest BCUT2D eigenvalue weighted by molar-refractivity contribution is 0.00976. The molecule has 0 aliphatic carbocycles. The molecule has 1 saturated heterocycles. The Kier molecular flexibility index (Phi) is 4.61. The van der Waals surface area contributed by atoms with Gasteiger partial charge in [0, 0.05) is 42.7 Å². The molecule has 1 aliphatic rings. The molecule has 28 heavy (non-hydrogen) atoms. The second-order valence-electron chi connectivity index (χ2n) is 8.30. The summed E-state index contributed by atoms with van der Waals surface area (Å²) in [5.74, 6) is 1.55. The molecule has 4 rings (SSSR count). The Morgan fingerprint density at radius 2 is 1.75 bits per heavy atom. The molecule has 1 fully saturated rings. The van der Waals surface area contributed by atoms with E-state index in [4.69, 9.17) is 16.6 Å². The number of anilines is 1. The van der Waals surface area contributed by atoms with Gasteiger partial charge in [0.2, 0.25) is 0 Å². The van der Waals surface area contributed by atoms with E-state index in [1.54, 1.807) is 6.20 Å². The van der Waals surface area contributed by atoms with Gasteiger partial charge >= 0.3 is 0 Å². The number of aryl methyl sites for hydroxylation is 1. The van der Waals surface area contributed by atoms with Crippen molar-refractivity contribution in [3.8, 4) is 11.4 Å². The maximum atomic E-state index is 9.96. The lowest BCUT2D eigenvalue weighted by Gasteiger charge is -2.36. The molecule has 0 bridgehead atoms. The molecule has 1 aromatic carbocycles. The van der Waals surface area contributed by atoms with Gasteiger partial charge in [-0.05, 0) is 18.2 Å². The molecule has 148 valence electrons. The second kappa shape index (κ2) is 6.72. The summed E-state index contributed by atoms with van der Waals surface area (Å²) in [6.45, 7) is 5.24. The zero-order valence-corrected chi connectivity index (χ0v) is 17.1. The third kappa shape index (κ3) is 2.79. The van der Waals surface area contributed by atoms with Gasteiger partial charge in [-0.2, -0.15) is 0 Å². The first-order valence-electron chi connectivity index (χ1n) is 9.36. The fourth-order valence-corrected chi connectivity index (χ4v) is 4.27. The molecule has 0 radical (unpaired) electrons. The Labute approximate surface area is 169 Å². The van der Waals surface area contributed by atoms with Crippen LogP contribution in [0.25, 0.3) is 22.4 Å². The molecule has 3 heterocycles. The molecule has 0 amide bonds. The SMILES string of the molecule is Cn1c(-c2cc(N3C[C@@](C)(CO)[C@](C)(CO)C3)ncc2Cl)nc2ccccc21. The van der Waals surface area contributed by atoms with Gasteiger partial charge in [0.15, 0.2) is 0 Å². The summed E-state index contributed by atoms with van der Waals surface area (Å²) in [5, 5.41) is 20.5. The zero-order chi connectivity index (χ0) is 20.1. The van der Waals surface area contributed by atoms with E-state index in [9.17, 15) is 10.2 Å². The molecule has 2 aromatic heterocycles. The lowest BCUT2D eigenvalue weighted by Crippen LogP contribution is -2.41. The van der Waals surface area contributed by atoms with Crippen molar-refractivity contribution in [3.63, 3.8) is 0 Å². The minimum absolute atomic E-state index is 0.00572. The molecular weight excluding hydrogens is 376 g/mol. The number of imidazole rings is 1. The molecule has 0 saturated carbocycles. The highest BCUT2D eigenvalue weighted by molar-refractivity contribution is 6.33. The Balaban J connectivity index is 1.77. The number of para-hydroxylation sites is 2. The summed E-state index contributed by atoms with van der Waals surface area (Å²) in [4.78, 5) is 11.4. The predicted octanol–water partition coefficient (Wildman–Crippen LogP) is 3.11. The number of nitrogens with zero attached hydrogens (tertiary/aromatic N) is 4. The van der Waals surface area contributed by atoms with Gasteiger partial charge in [-0.15, -0.1) is 0 Å². The lowest BCUT2D eigenvalue weighted by atomic mass is 9.69. The zero-order valence-electron chi connectivity index (χ0n) is 16.4. The topological polar surface area (TPSA) is 74.4 Å². The van der Waals surface area contributed by atoms with E-state index in [0.717, 1.165) is 28.2 Å². The maximum absolute atomic E-state index is 9.96. The van der Waals surface area contributed by atoms with Crippen molar-refractivity contribution >= 4 is 28.5 Å². The van der Waals surface area contributed by atoms with Crippen LogP contribution in [0.4, 0.5) is 5.82 Å². The predicted molar refractivity (Wildman–Crippen MR) is 112 cm³/mol. The fourth-order valence-electron chi connectivity index (χ4n) is 4.08. The van der Waals surface area contributed by atoms with Gasteiger partial charge < -0.3 is 19.7 Å². The summed E-state index contributed by atoms with van der Waals surface area (Å²) in [6.07, 6.45) is 1.65. The number of hydrogen-bond donors (Lipinski definition) is 2. The highest BCUT2D eigenvalue weighted by Crippen LogP contribution is 2.47. The molecule has 0 spiro atoms. The van der Waals surface area contributed by atoms with E-state index in [-0.39, 0.29) is 13.2 Å². The van der Waals surface area contributed by atoms with Crippen LogP contribution >= 0.6 is 11.6 Å². The van der Waals surface area contributed by atoms with Gasteiger partial charge in [0.05, 0.1) is 29.3 Å². The number of rotatable bonds is 4.